The van der Waals surface area contributed by atoms with Gasteiger partial charge in [0.2, 0.25) is 0 Å². The molecule has 0 saturated carbocycles. The third-order valence-electron chi connectivity index (χ3n) is 1.06. The lowest BCUT2D eigenvalue weighted by Crippen LogP contribution is -1.86. The Kier molecular flexibility index (Phi) is 3.71. The molecule has 1 N–H and O–H groups in total. The fraction of sp³-hybridized carbons (Fsp3) is 0.500. The first-order valence-corrected chi connectivity index (χ1v) is 2.69. The van der Waals surface area contributed by atoms with Crippen molar-refractivity contribution in [2.24, 2.45) is 7.05 Å². The van der Waals surface area contributed by atoms with Gasteiger partial charge >= 0.3 is 0 Å². The summed E-state index contributed by atoms with van der Waals surface area (Å²) >= 11 is 0. The van der Waals surface area contributed by atoms with Gasteiger partial charge in [0.15, 0.2) is 0 Å². The summed E-state index contributed by atoms with van der Waals surface area (Å²) in [6.07, 6.45) is 3.71. The Hall–Kier alpha value is -0.830. The molecule has 0 aliphatic heterocycles. The van der Waals surface area contributed by atoms with E-state index in [2.05, 4.69) is 4.98 Å². The summed E-state index contributed by atoms with van der Waals surface area (Å²) in [5, 5.41) is 7.00. The molecular weight excluding hydrogens is 116 g/mol. The van der Waals surface area contributed by atoms with Crippen LogP contribution in [-0.4, -0.2) is 21.8 Å². The van der Waals surface area contributed by atoms with Crippen LogP contribution in [-0.2, 0) is 7.05 Å². The van der Waals surface area contributed by atoms with E-state index in [1.54, 1.807) is 6.20 Å². The Morgan fingerprint density at radius 2 is 2.11 bits per heavy atom. The minimum absolute atomic E-state index is 1.00. The molecule has 0 aliphatic carbocycles. The van der Waals surface area contributed by atoms with E-state index in [1.165, 1.54) is 0 Å². The van der Waals surface area contributed by atoms with Crippen molar-refractivity contribution in [3.05, 3.63) is 18.2 Å². The number of aliphatic hydroxyl groups excluding tert-OH is 1. The number of hydrogen-bond donors (Lipinski definition) is 1. The van der Waals surface area contributed by atoms with Crippen LogP contribution in [0, 0.1) is 6.92 Å². The van der Waals surface area contributed by atoms with Gasteiger partial charge in [-0.3, -0.25) is 0 Å². The average molecular weight is 128 g/mol. The molecule has 0 atom stereocenters. The van der Waals surface area contributed by atoms with E-state index in [9.17, 15) is 0 Å². The first-order valence-electron chi connectivity index (χ1n) is 2.69. The Morgan fingerprint density at radius 1 is 1.56 bits per heavy atom. The van der Waals surface area contributed by atoms with Crippen molar-refractivity contribution in [1.82, 2.24) is 9.55 Å². The molecule has 0 aliphatic rings. The lowest BCUT2D eigenvalue weighted by atomic mass is 10.7. The van der Waals surface area contributed by atoms with Gasteiger partial charge in [0.05, 0.1) is 0 Å². The van der Waals surface area contributed by atoms with Gasteiger partial charge < -0.3 is 9.67 Å². The van der Waals surface area contributed by atoms with Crippen molar-refractivity contribution in [2.45, 2.75) is 6.92 Å². The molecule has 3 nitrogen and oxygen atoms in total. The summed E-state index contributed by atoms with van der Waals surface area (Å²) in [4.78, 5) is 3.98. The number of aryl methyl sites for hydroxylation is 2. The van der Waals surface area contributed by atoms with E-state index in [4.69, 9.17) is 5.11 Å². The Morgan fingerprint density at radius 3 is 2.22 bits per heavy atom. The Balaban J connectivity index is 0.000000291. The Labute approximate surface area is 55.0 Å². The molecule has 0 amide bonds. The zero-order valence-electron chi connectivity index (χ0n) is 6.00. The molecule has 1 rings (SSSR count). The van der Waals surface area contributed by atoms with Crippen molar-refractivity contribution >= 4 is 0 Å². The van der Waals surface area contributed by atoms with Crippen molar-refractivity contribution in [2.75, 3.05) is 7.11 Å². The summed E-state index contributed by atoms with van der Waals surface area (Å²) in [7, 11) is 2.97. The highest BCUT2D eigenvalue weighted by molar-refractivity contribution is 4.85. The van der Waals surface area contributed by atoms with Gasteiger partial charge in [0.25, 0.3) is 0 Å². The second kappa shape index (κ2) is 4.09. The average Bonchev–Trinajstić information content (AvgIpc) is 2.23. The molecule has 0 bridgehead atoms. The predicted octanol–water partition coefficient (Wildman–Crippen LogP) is 0.337. The molecule has 3 heteroatoms. The molecule has 1 aromatic heterocycles. The number of rotatable bonds is 0. The first kappa shape index (κ1) is 8.17. The second-order valence-corrected chi connectivity index (χ2v) is 1.59. The van der Waals surface area contributed by atoms with Gasteiger partial charge in [0.1, 0.15) is 5.82 Å². The largest absolute Gasteiger partial charge is 0.400 e. The normalized spacial score (nSPS) is 8.00. The highest BCUT2D eigenvalue weighted by Crippen LogP contribution is 1.86. The molecule has 0 aromatic carbocycles. The third kappa shape index (κ3) is 2.28. The minimum Gasteiger partial charge on any atom is -0.400 e. The maximum atomic E-state index is 7.00. The maximum absolute atomic E-state index is 7.00. The van der Waals surface area contributed by atoms with E-state index in [0.717, 1.165) is 12.9 Å². The lowest BCUT2D eigenvalue weighted by molar-refractivity contribution is 0.399. The highest BCUT2D eigenvalue weighted by atomic mass is 16.2. The molecule has 0 fully saturated rings. The molecule has 1 heterocycles. The molecule has 0 saturated heterocycles. The van der Waals surface area contributed by atoms with E-state index >= 15 is 0 Å². The summed E-state index contributed by atoms with van der Waals surface area (Å²) < 4.78 is 1.97. The number of nitrogens with zero attached hydrogens (tertiary/aromatic N) is 2. The standard InChI is InChI=1S/C5H8N2.CH4O/c1-5-6-3-4-7(5)2;1-2/h3-4H,1-2H3;2H,1H3. The van der Waals surface area contributed by atoms with E-state index in [-0.39, 0.29) is 0 Å². The second-order valence-electron chi connectivity index (χ2n) is 1.59. The smallest absolute Gasteiger partial charge is 0.105 e. The molecule has 0 spiro atoms. The number of aliphatic hydroxyl groups is 1. The van der Waals surface area contributed by atoms with Crippen molar-refractivity contribution in [3.63, 3.8) is 0 Å². The lowest BCUT2D eigenvalue weighted by Gasteiger charge is -1.87. The van der Waals surface area contributed by atoms with Crippen LogP contribution in [0.25, 0.3) is 0 Å². The fourth-order valence-corrected chi connectivity index (χ4v) is 0.440. The molecular formula is C6H12N2O. The van der Waals surface area contributed by atoms with Crippen molar-refractivity contribution in [1.29, 1.82) is 0 Å². The van der Waals surface area contributed by atoms with Gasteiger partial charge in [-0.1, -0.05) is 0 Å². The minimum atomic E-state index is 1.00. The zero-order chi connectivity index (χ0) is 7.28. The van der Waals surface area contributed by atoms with E-state index < -0.39 is 0 Å². The maximum Gasteiger partial charge on any atom is 0.105 e. The van der Waals surface area contributed by atoms with E-state index in [0.29, 0.717) is 0 Å². The first-order chi connectivity index (χ1) is 4.30. The summed E-state index contributed by atoms with van der Waals surface area (Å²) in [6, 6.07) is 0. The summed E-state index contributed by atoms with van der Waals surface area (Å²) in [6.45, 7) is 1.97. The fourth-order valence-electron chi connectivity index (χ4n) is 0.440. The predicted molar refractivity (Wildman–Crippen MR) is 36.1 cm³/mol. The summed E-state index contributed by atoms with van der Waals surface area (Å²) in [5.41, 5.74) is 0. The highest BCUT2D eigenvalue weighted by Gasteiger charge is 1.83. The Bertz CT molecular complexity index is 143. The molecule has 9 heavy (non-hydrogen) atoms. The van der Waals surface area contributed by atoms with Crippen molar-refractivity contribution < 1.29 is 5.11 Å². The molecule has 0 unspecified atom stereocenters. The number of aromatic nitrogens is 2. The van der Waals surface area contributed by atoms with Gasteiger partial charge in [-0.2, -0.15) is 0 Å². The third-order valence-corrected chi connectivity index (χ3v) is 1.06. The van der Waals surface area contributed by atoms with Gasteiger partial charge in [-0.05, 0) is 6.92 Å². The van der Waals surface area contributed by atoms with E-state index in [1.807, 2.05) is 24.7 Å². The van der Waals surface area contributed by atoms with Gasteiger partial charge in [-0.15, -0.1) is 0 Å². The van der Waals surface area contributed by atoms with Crippen LogP contribution < -0.4 is 0 Å². The van der Waals surface area contributed by atoms with Crippen LogP contribution in [0.5, 0.6) is 0 Å². The van der Waals surface area contributed by atoms with Gasteiger partial charge in [-0.25, -0.2) is 4.98 Å². The number of hydrogen-bond acceptors (Lipinski definition) is 2. The quantitative estimate of drug-likeness (QED) is 0.547. The van der Waals surface area contributed by atoms with Crippen LogP contribution >= 0.6 is 0 Å². The molecule has 52 valence electrons. The van der Waals surface area contributed by atoms with Gasteiger partial charge in [0, 0.05) is 26.6 Å². The van der Waals surface area contributed by atoms with Crippen LogP contribution in [0.1, 0.15) is 5.82 Å². The number of imidazole rings is 1. The molecule has 0 radical (unpaired) electrons. The topological polar surface area (TPSA) is 38.1 Å². The van der Waals surface area contributed by atoms with Crippen LogP contribution in [0.2, 0.25) is 0 Å². The SMILES string of the molecule is CO.Cc1nccn1C. The summed E-state index contributed by atoms with van der Waals surface area (Å²) in [5.74, 6) is 1.06. The monoisotopic (exact) mass is 128 g/mol. The van der Waals surface area contributed by atoms with Crippen LogP contribution in [0.15, 0.2) is 12.4 Å². The molecule has 1 aromatic rings. The van der Waals surface area contributed by atoms with Crippen molar-refractivity contribution in [3.8, 4) is 0 Å². The van der Waals surface area contributed by atoms with Crippen LogP contribution in [0.3, 0.4) is 0 Å². The zero-order valence-corrected chi connectivity index (χ0v) is 6.00. The van der Waals surface area contributed by atoms with Crippen LogP contribution in [0.4, 0.5) is 0 Å².